The van der Waals surface area contributed by atoms with Crippen molar-refractivity contribution in [1.29, 1.82) is 0 Å². The highest BCUT2D eigenvalue weighted by molar-refractivity contribution is 5.90. The van der Waals surface area contributed by atoms with Gasteiger partial charge in [-0.1, -0.05) is 0 Å². The summed E-state index contributed by atoms with van der Waals surface area (Å²) in [7, 11) is 0. The summed E-state index contributed by atoms with van der Waals surface area (Å²) in [4.78, 5) is 15.8. The number of nitrogens with zero attached hydrogens (tertiary/aromatic N) is 1. The number of benzene rings is 1. The summed E-state index contributed by atoms with van der Waals surface area (Å²) in [6, 6.07) is 11.1. The van der Waals surface area contributed by atoms with Crippen molar-refractivity contribution in [2.45, 2.75) is 12.8 Å². The van der Waals surface area contributed by atoms with Crippen LogP contribution in [0.4, 0.5) is 5.69 Å². The summed E-state index contributed by atoms with van der Waals surface area (Å²) in [5.41, 5.74) is 7.23. The standard InChI is InChI=1S/C16H19N3O2.ClH/c17-9-12-21-15-4-2-14(3-5-15)19-16(20)6-1-13-7-10-18-11-8-13;/h2-5,7-8,10-11H,1,6,9,12,17H2,(H,19,20);1H. The van der Waals surface area contributed by atoms with Crippen LogP contribution >= 0.6 is 12.4 Å². The zero-order valence-electron chi connectivity index (χ0n) is 12.2. The molecule has 22 heavy (non-hydrogen) atoms. The minimum absolute atomic E-state index is 0. The number of pyridine rings is 1. The Morgan fingerprint density at radius 1 is 1.14 bits per heavy atom. The van der Waals surface area contributed by atoms with E-state index in [0.717, 1.165) is 17.0 Å². The number of nitrogens with two attached hydrogens (primary N) is 1. The molecule has 0 radical (unpaired) electrons. The lowest BCUT2D eigenvalue weighted by molar-refractivity contribution is -0.116. The summed E-state index contributed by atoms with van der Waals surface area (Å²) in [5.74, 6) is 0.734. The third-order valence-corrected chi connectivity index (χ3v) is 2.91. The number of amides is 1. The van der Waals surface area contributed by atoms with Crippen LogP contribution in [-0.4, -0.2) is 24.0 Å². The molecule has 0 atom stereocenters. The van der Waals surface area contributed by atoms with Gasteiger partial charge in [0.25, 0.3) is 0 Å². The van der Waals surface area contributed by atoms with Gasteiger partial charge in [0.15, 0.2) is 0 Å². The monoisotopic (exact) mass is 321 g/mol. The number of aromatic nitrogens is 1. The Hall–Kier alpha value is -2.11. The van der Waals surface area contributed by atoms with Gasteiger partial charge in [0.2, 0.25) is 5.91 Å². The van der Waals surface area contributed by atoms with Gasteiger partial charge in [0.05, 0.1) is 0 Å². The Morgan fingerprint density at radius 2 is 1.82 bits per heavy atom. The first kappa shape index (κ1) is 17.9. The molecule has 0 spiro atoms. The Bertz CT molecular complexity index is 561. The van der Waals surface area contributed by atoms with Crippen molar-refractivity contribution in [2.75, 3.05) is 18.5 Å². The molecule has 1 amide bonds. The van der Waals surface area contributed by atoms with E-state index in [-0.39, 0.29) is 18.3 Å². The highest BCUT2D eigenvalue weighted by Gasteiger charge is 2.03. The summed E-state index contributed by atoms with van der Waals surface area (Å²) in [5, 5.41) is 2.86. The number of carbonyl (C=O) groups is 1. The molecule has 2 aromatic rings. The molecular formula is C16H20ClN3O2. The van der Waals surface area contributed by atoms with E-state index in [0.29, 0.717) is 26.0 Å². The molecule has 1 aromatic heterocycles. The first-order valence-electron chi connectivity index (χ1n) is 6.89. The second-order valence-electron chi connectivity index (χ2n) is 4.57. The normalized spacial score (nSPS) is 9.68. The molecule has 0 unspecified atom stereocenters. The van der Waals surface area contributed by atoms with E-state index in [1.807, 2.05) is 36.4 Å². The fraction of sp³-hybridized carbons (Fsp3) is 0.250. The van der Waals surface area contributed by atoms with E-state index < -0.39 is 0 Å². The average molecular weight is 322 g/mol. The number of hydrogen-bond acceptors (Lipinski definition) is 4. The minimum Gasteiger partial charge on any atom is -0.492 e. The zero-order chi connectivity index (χ0) is 14.9. The zero-order valence-corrected chi connectivity index (χ0v) is 13.0. The predicted molar refractivity (Wildman–Crippen MR) is 89.4 cm³/mol. The van der Waals surface area contributed by atoms with Gasteiger partial charge >= 0.3 is 0 Å². The second kappa shape index (κ2) is 9.76. The average Bonchev–Trinajstić information content (AvgIpc) is 2.53. The molecular weight excluding hydrogens is 302 g/mol. The smallest absolute Gasteiger partial charge is 0.224 e. The fourth-order valence-corrected chi connectivity index (χ4v) is 1.84. The Morgan fingerprint density at radius 3 is 2.45 bits per heavy atom. The molecule has 1 aromatic carbocycles. The first-order chi connectivity index (χ1) is 10.3. The molecule has 0 bridgehead atoms. The van der Waals surface area contributed by atoms with Gasteiger partial charge in [-0.3, -0.25) is 9.78 Å². The van der Waals surface area contributed by atoms with Crippen molar-refractivity contribution < 1.29 is 9.53 Å². The summed E-state index contributed by atoms with van der Waals surface area (Å²) in [6.07, 6.45) is 4.60. The summed E-state index contributed by atoms with van der Waals surface area (Å²) in [6.45, 7) is 0.963. The number of halogens is 1. The van der Waals surface area contributed by atoms with Crippen molar-refractivity contribution in [1.82, 2.24) is 4.98 Å². The molecule has 2 rings (SSSR count). The Kier molecular flexibility index (Phi) is 7.96. The number of ether oxygens (including phenoxy) is 1. The fourth-order valence-electron chi connectivity index (χ4n) is 1.84. The van der Waals surface area contributed by atoms with Crippen LogP contribution in [0.3, 0.4) is 0 Å². The molecule has 5 nitrogen and oxygen atoms in total. The number of carbonyl (C=O) groups excluding carboxylic acids is 1. The lowest BCUT2D eigenvalue weighted by Gasteiger charge is -2.07. The molecule has 0 saturated heterocycles. The van der Waals surface area contributed by atoms with E-state index in [9.17, 15) is 4.79 Å². The van der Waals surface area contributed by atoms with E-state index in [1.165, 1.54) is 0 Å². The topological polar surface area (TPSA) is 77.2 Å². The van der Waals surface area contributed by atoms with Gasteiger partial charge in [0, 0.05) is 31.0 Å². The summed E-state index contributed by atoms with van der Waals surface area (Å²) >= 11 is 0. The number of rotatable bonds is 7. The maximum absolute atomic E-state index is 11.9. The molecule has 118 valence electrons. The van der Waals surface area contributed by atoms with Crippen molar-refractivity contribution in [2.24, 2.45) is 5.73 Å². The molecule has 0 aliphatic rings. The maximum atomic E-state index is 11.9. The summed E-state index contributed by atoms with van der Waals surface area (Å²) < 4.78 is 5.38. The van der Waals surface area contributed by atoms with Crippen LogP contribution < -0.4 is 15.8 Å². The highest BCUT2D eigenvalue weighted by atomic mass is 35.5. The van der Waals surface area contributed by atoms with Gasteiger partial charge < -0.3 is 15.8 Å². The minimum atomic E-state index is -0.0116. The van der Waals surface area contributed by atoms with Gasteiger partial charge in [-0.25, -0.2) is 0 Å². The molecule has 1 heterocycles. The van der Waals surface area contributed by atoms with E-state index in [2.05, 4.69) is 10.3 Å². The molecule has 6 heteroatoms. The van der Waals surface area contributed by atoms with Crippen LogP contribution in [0.25, 0.3) is 0 Å². The van der Waals surface area contributed by atoms with Crippen LogP contribution in [0.15, 0.2) is 48.8 Å². The van der Waals surface area contributed by atoms with E-state index >= 15 is 0 Å². The third kappa shape index (κ3) is 6.11. The quantitative estimate of drug-likeness (QED) is 0.821. The molecule has 0 saturated carbocycles. The Labute approximate surface area is 136 Å². The van der Waals surface area contributed by atoms with Crippen LogP contribution in [0, 0.1) is 0 Å². The van der Waals surface area contributed by atoms with Gasteiger partial charge in [-0.2, -0.15) is 0 Å². The van der Waals surface area contributed by atoms with Crippen LogP contribution in [-0.2, 0) is 11.2 Å². The molecule has 3 N–H and O–H groups in total. The van der Waals surface area contributed by atoms with E-state index in [4.69, 9.17) is 10.5 Å². The number of aryl methyl sites for hydroxylation is 1. The predicted octanol–water partition coefficient (Wildman–Crippen LogP) is 2.41. The van der Waals surface area contributed by atoms with Gasteiger partial charge in [0.1, 0.15) is 12.4 Å². The van der Waals surface area contributed by atoms with Crippen LogP contribution in [0.5, 0.6) is 5.75 Å². The van der Waals surface area contributed by atoms with Crippen molar-refractivity contribution >= 4 is 24.0 Å². The SMILES string of the molecule is Cl.NCCOc1ccc(NC(=O)CCc2ccncc2)cc1. The maximum Gasteiger partial charge on any atom is 0.224 e. The van der Waals surface area contributed by atoms with Gasteiger partial charge in [-0.15, -0.1) is 12.4 Å². The third-order valence-electron chi connectivity index (χ3n) is 2.91. The molecule has 0 aliphatic heterocycles. The lowest BCUT2D eigenvalue weighted by atomic mass is 10.1. The van der Waals surface area contributed by atoms with Crippen LogP contribution in [0.2, 0.25) is 0 Å². The van der Waals surface area contributed by atoms with Crippen LogP contribution in [0.1, 0.15) is 12.0 Å². The number of anilines is 1. The van der Waals surface area contributed by atoms with Crippen molar-refractivity contribution in [3.8, 4) is 5.75 Å². The molecule has 0 fully saturated rings. The van der Waals surface area contributed by atoms with Crippen molar-refractivity contribution in [3.63, 3.8) is 0 Å². The number of hydrogen-bond donors (Lipinski definition) is 2. The second-order valence-corrected chi connectivity index (χ2v) is 4.57. The first-order valence-corrected chi connectivity index (χ1v) is 6.89. The lowest BCUT2D eigenvalue weighted by Crippen LogP contribution is -2.12. The molecule has 0 aliphatic carbocycles. The number of nitrogens with one attached hydrogen (secondary N) is 1. The van der Waals surface area contributed by atoms with E-state index in [1.54, 1.807) is 12.4 Å². The van der Waals surface area contributed by atoms with Crippen molar-refractivity contribution in [3.05, 3.63) is 54.4 Å². The van der Waals surface area contributed by atoms with Gasteiger partial charge in [-0.05, 0) is 48.4 Å². The highest BCUT2D eigenvalue weighted by Crippen LogP contribution is 2.16. The Balaban J connectivity index is 0.00000242. The largest absolute Gasteiger partial charge is 0.492 e.